The van der Waals surface area contributed by atoms with E-state index < -0.39 is 5.60 Å². The Morgan fingerprint density at radius 2 is 1.92 bits per heavy atom. The van der Waals surface area contributed by atoms with Crippen LogP contribution in [0.5, 0.6) is 11.5 Å². The maximum Gasteiger partial charge on any atom is 0.150 e. The highest BCUT2D eigenvalue weighted by Crippen LogP contribution is 2.47. The van der Waals surface area contributed by atoms with Gasteiger partial charge in [0.2, 0.25) is 0 Å². The fraction of sp³-hybridized carbons (Fsp3) is 0.190. The van der Waals surface area contributed by atoms with Gasteiger partial charge in [-0.15, -0.1) is 0 Å². The highest BCUT2D eigenvalue weighted by atomic mass is 16.5. The lowest BCUT2D eigenvalue weighted by Crippen LogP contribution is -2.30. The van der Waals surface area contributed by atoms with Crippen LogP contribution in [0.1, 0.15) is 36.7 Å². The van der Waals surface area contributed by atoms with Crippen molar-refractivity contribution in [2.24, 2.45) is 0 Å². The molecule has 3 nitrogen and oxygen atoms in total. The molecular weight excluding hydrogens is 300 g/mol. The molecule has 1 N–H and O–H groups in total. The zero-order valence-electron chi connectivity index (χ0n) is 14.0. The predicted octanol–water partition coefficient (Wildman–Crippen LogP) is 5.00. The molecule has 0 fully saturated rings. The quantitative estimate of drug-likeness (QED) is 0.639. The average molecular weight is 320 g/mol. The highest BCUT2D eigenvalue weighted by Gasteiger charge is 2.34. The highest BCUT2D eigenvalue weighted by molar-refractivity contribution is 5.84. The number of aldehydes is 1. The first-order valence-electron chi connectivity index (χ1n) is 7.88. The number of hydrogen-bond acceptors (Lipinski definition) is 3. The zero-order chi connectivity index (χ0) is 17.3. The molecule has 1 heterocycles. The largest absolute Gasteiger partial charge is 0.508 e. The monoisotopic (exact) mass is 320 g/mol. The standard InChI is InChI=1S/C21H20O3/c1-14(2)5-4-10-21(3)19-8-6-15(13-22)11-17(19)18-12-16(23)7-9-20(18)24-21/h4-13,23H,1-3H3. The van der Waals surface area contributed by atoms with Crippen molar-refractivity contribution in [1.29, 1.82) is 0 Å². The lowest BCUT2D eigenvalue weighted by molar-refractivity contribution is 0.112. The summed E-state index contributed by atoms with van der Waals surface area (Å²) < 4.78 is 6.24. The number of rotatable bonds is 3. The second kappa shape index (κ2) is 6.00. The number of carbonyl (C=O) groups excluding carboxylic acids is 1. The van der Waals surface area contributed by atoms with Crippen molar-refractivity contribution in [2.45, 2.75) is 26.4 Å². The van der Waals surface area contributed by atoms with E-state index >= 15 is 0 Å². The molecule has 3 heteroatoms. The van der Waals surface area contributed by atoms with E-state index in [9.17, 15) is 9.90 Å². The van der Waals surface area contributed by atoms with Gasteiger partial charge in [-0.3, -0.25) is 4.79 Å². The lowest BCUT2D eigenvalue weighted by Gasteiger charge is -2.35. The van der Waals surface area contributed by atoms with Crippen LogP contribution in [0.15, 0.2) is 60.2 Å². The third-order valence-electron chi connectivity index (χ3n) is 4.13. The van der Waals surface area contributed by atoms with E-state index in [1.807, 2.05) is 51.1 Å². The maximum absolute atomic E-state index is 11.2. The van der Waals surface area contributed by atoms with Crippen LogP contribution in [0.4, 0.5) is 0 Å². The molecule has 0 radical (unpaired) electrons. The number of ether oxygens (including phenoxy) is 1. The van der Waals surface area contributed by atoms with Crippen LogP contribution in [0.25, 0.3) is 11.1 Å². The molecule has 1 aliphatic rings. The molecule has 0 saturated heterocycles. The lowest BCUT2D eigenvalue weighted by atomic mass is 9.83. The number of phenolic OH excluding ortho intramolecular Hbond substituents is 1. The number of phenols is 1. The summed E-state index contributed by atoms with van der Waals surface area (Å²) in [5.41, 5.74) is 3.81. The van der Waals surface area contributed by atoms with Crippen molar-refractivity contribution < 1.29 is 14.6 Å². The minimum atomic E-state index is -0.646. The molecule has 0 aromatic heterocycles. The van der Waals surface area contributed by atoms with Crippen LogP contribution in [0.3, 0.4) is 0 Å². The maximum atomic E-state index is 11.2. The van der Waals surface area contributed by atoms with Crippen molar-refractivity contribution in [2.75, 3.05) is 0 Å². The summed E-state index contributed by atoms with van der Waals surface area (Å²) in [4.78, 5) is 11.2. The number of carbonyl (C=O) groups is 1. The summed E-state index contributed by atoms with van der Waals surface area (Å²) in [6, 6.07) is 10.6. The first-order chi connectivity index (χ1) is 11.4. The molecule has 0 saturated carbocycles. The Hall–Kier alpha value is -2.81. The van der Waals surface area contributed by atoms with Crippen molar-refractivity contribution >= 4 is 6.29 Å². The number of aromatic hydroxyl groups is 1. The van der Waals surface area contributed by atoms with Gasteiger partial charge < -0.3 is 9.84 Å². The SMILES string of the molecule is CC(C)=CC=CC1(C)Oc2ccc(O)cc2-c2cc(C=O)ccc21. The van der Waals surface area contributed by atoms with Gasteiger partial charge in [-0.05, 0) is 56.7 Å². The van der Waals surface area contributed by atoms with Crippen LogP contribution in [0.2, 0.25) is 0 Å². The normalized spacial score (nSPS) is 18.5. The number of allylic oxidation sites excluding steroid dienone is 3. The van der Waals surface area contributed by atoms with E-state index in [1.165, 1.54) is 5.57 Å². The van der Waals surface area contributed by atoms with E-state index in [2.05, 4.69) is 0 Å². The summed E-state index contributed by atoms with van der Waals surface area (Å²) in [6.07, 6.45) is 6.85. The van der Waals surface area contributed by atoms with E-state index in [1.54, 1.807) is 24.3 Å². The van der Waals surface area contributed by atoms with Gasteiger partial charge in [-0.2, -0.15) is 0 Å². The zero-order valence-corrected chi connectivity index (χ0v) is 14.0. The van der Waals surface area contributed by atoms with E-state index in [0.717, 1.165) is 23.0 Å². The molecule has 24 heavy (non-hydrogen) atoms. The van der Waals surface area contributed by atoms with Crippen molar-refractivity contribution in [3.8, 4) is 22.6 Å². The van der Waals surface area contributed by atoms with E-state index in [4.69, 9.17) is 4.74 Å². The van der Waals surface area contributed by atoms with Gasteiger partial charge in [0.1, 0.15) is 17.8 Å². The molecule has 1 atom stereocenters. The number of hydrogen-bond donors (Lipinski definition) is 1. The van der Waals surface area contributed by atoms with Crippen LogP contribution < -0.4 is 4.74 Å². The summed E-state index contributed by atoms with van der Waals surface area (Å²) in [6.45, 7) is 6.07. The van der Waals surface area contributed by atoms with Crippen LogP contribution >= 0.6 is 0 Å². The fourth-order valence-corrected chi connectivity index (χ4v) is 2.94. The number of fused-ring (bicyclic) bond motifs is 3. The molecule has 0 bridgehead atoms. The molecule has 122 valence electrons. The van der Waals surface area contributed by atoms with Crippen LogP contribution in [-0.2, 0) is 5.60 Å². The summed E-state index contributed by atoms with van der Waals surface area (Å²) in [5, 5.41) is 9.83. The molecule has 2 aromatic carbocycles. The summed E-state index contributed by atoms with van der Waals surface area (Å²) in [5.74, 6) is 0.858. The molecule has 0 aliphatic carbocycles. The molecular formula is C21H20O3. The molecule has 1 aliphatic heterocycles. The van der Waals surface area contributed by atoms with Crippen molar-refractivity contribution in [3.63, 3.8) is 0 Å². The van der Waals surface area contributed by atoms with Crippen LogP contribution in [-0.4, -0.2) is 11.4 Å². The Labute approximate surface area is 141 Å². The van der Waals surface area contributed by atoms with Gasteiger partial charge in [0, 0.05) is 16.7 Å². The molecule has 3 rings (SSSR count). The van der Waals surface area contributed by atoms with Gasteiger partial charge in [0.15, 0.2) is 5.60 Å². The Morgan fingerprint density at radius 3 is 2.62 bits per heavy atom. The Bertz CT molecular complexity index is 857. The molecule has 1 unspecified atom stereocenters. The van der Waals surface area contributed by atoms with Gasteiger partial charge in [-0.25, -0.2) is 0 Å². The van der Waals surface area contributed by atoms with E-state index in [-0.39, 0.29) is 5.75 Å². The topological polar surface area (TPSA) is 46.5 Å². The first-order valence-corrected chi connectivity index (χ1v) is 7.88. The predicted molar refractivity (Wildman–Crippen MR) is 95.5 cm³/mol. The first kappa shape index (κ1) is 16.1. The Morgan fingerprint density at radius 1 is 1.12 bits per heavy atom. The third-order valence-corrected chi connectivity index (χ3v) is 4.13. The van der Waals surface area contributed by atoms with Crippen LogP contribution in [0, 0.1) is 0 Å². The molecule has 2 aromatic rings. The van der Waals surface area contributed by atoms with E-state index in [0.29, 0.717) is 11.3 Å². The van der Waals surface area contributed by atoms with Crippen molar-refractivity contribution in [3.05, 3.63) is 71.3 Å². The minimum Gasteiger partial charge on any atom is -0.508 e. The Kier molecular flexibility index (Phi) is 4.02. The summed E-state index contributed by atoms with van der Waals surface area (Å²) >= 11 is 0. The third kappa shape index (κ3) is 2.85. The number of benzene rings is 2. The van der Waals surface area contributed by atoms with Gasteiger partial charge in [0.05, 0.1) is 0 Å². The fourth-order valence-electron chi connectivity index (χ4n) is 2.94. The Balaban J connectivity index is 2.21. The second-order valence-electron chi connectivity index (χ2n) is 6.42. The van der Waals surface area contributed by atoms with Gasteiger partial charge >= 0.3 is 0 Å². The average Bonchev–Trinajstić information content (AvgIpc) is 2.55. The van der Waals surface area contributed by atoms with Gasteiger partial charge in [-0.1, -0.05) is 29.9 Å². The smallest absolute Gasteiger partial charge is 0.150 e. The minimum absolute atomic E-state index is 0.170. The second-order valence-corrected chi connectivity index (χ2v) is 6.42. The summed E-state index contributed by atoms with van der Waals surface area (Å²) in [7, 11) is 0. The van der Waals surface area contributed by atoms with Crippen molar-refractivity contribution in [1.82, 2.24) is 0 Å². The molecule has 0 spiro atoms. The molecule has 0 amide bonds. The van der Waals surface area contributed by atoms with Gasteiger partial charge in [0.25, 0.3) is 0 Å².